The van der Waals surface area contributed by atoms with E-state index in [0.29, 0.717) is 22.9 Å². The number of benzene rings is 2. The lowest BCUT2D eigenvalue weighted by molar-refractivity contribution is -0.116. The molecule has 10 heteroatoms. The Labute approximate surface area is 173 Å². The Kier molecular flexibility index (Phi) is 6.16. The van der Waals surface area contributed by atoms with Crippen LogP contribution in [0.1, 0.15) is 16.1 Å². The van der Waals surface area contributed by atoms with E-state index >= 15 is 0 Å². The molecule has 156 valence electrons. The van der Waals surface area contributed by atoms with Crippen molar-refractivity contribution >= 4 is 29.0 Å². The Morgan fingerprint density at radius 3 is 2.33 bits per heavy atom. The van der Waals surface area contributed by atoms with Gasteiger partial charge < -0.3 is 25.8 Å². The standard InChI is InChI=1S/C20H22N6O4/c1-12-4-6-13(7-5-12)23-20(28)18-19(21)26(25-24-18)11-17(27)22-14-8-9-15(29-2)16(10-14)30-3/h4-10H,11,21H2,1-3H3,(H,22,27)(H,23,28). The van der Waals surface area contributed by atoms with Crippen molar-refractivity contribution in [2.75, 3.05) is 30.6 Å². The molecule has 0 saturated carbocycles. The zero-order valence-electron chi connectivity index (χ0n) is 16.8. The number of methoxy groups -OCH3 is 2. The number of hydrogen-bond acceptors (Lipinski definition) is 7. The number of nitrogens with one attached hydrogen (secondary N) is 2. The minimum absolute atomic E-state index is 0.0120. The van der Waals surface area contributed by atoms with Crippen LogP contribution in [-0.4, -0.2) is 41.0 Å². The van der Waals surface area contributed by atoms with Crippen LogP contribution in [0.25, 0.3) is 0 Å². The van der Waals surface area contributed by atoms with Crippen molar-refractivity contribution in [2.45, 2.75) is 13.5 Å². The quantitative estimate of drug-likeness (QED) is 0.543. The number of nitrogens with two attached hydrogens (primary N) is 1. The lowest BCUT2D eigenvalue weighted by Crippen LogP contribution is -2.21. The molecule has 3 aromatic rings. The van der Waals surface area contributed by atoms with E-state index in [-0.39, 0.29) is 18.1 Å². The summed E-state index contributed by atoms with van der Waals surface area (Å²) in [5.74, 6) is 0.0974. The molecular formula is C20H22N6O4. The molecule has 10 nitrogen and oxygen atoms in total. The van der Waals surface area contributed by atoms with E-state index in [2.05, 4.69) is 20.9 Å². The molecule has 0 radical (unpaired) electrons. The first-order chi connectivity index (χ1) is 14.4. The molecule has 0 fully saturated rings. The fourth-order valence-corrected chi connectivity index (χ4v) is 2.68. The number of anilines is 3. The predicted octanol–water partition coefficient (Wildman–Crippen LogP) is 2.08. The maximum absolute atomic E-state index is 12.4. The van der Waals surface area contributed by atoms with Gasteiger partial charge in [-0.2, -0.15) is 0 Å². The van der Waals surface area contributed by atoms with Gasteiger partial charge in [-0.3, -0.25) is 9.59 Å². The van der Waals surface area contributed by atoms with Gasteiger partial charge in [0.25, 0.3) is 5.91 Å². The highest BCUT2D eigenvalue weighted by Gasteiger charge is 2.19. The van der Waals surface area contributed by atoms with Crippen LogP contribution in [0.15, 0.2) is 42.5 Å². The zero-order chi connectivity index (χ0) is 21.7. The second-order valence-electron chi connectivity index (χ2n) is 6.42. The maximum Gasteiger partial charge on any atom is 0.280 e. The van der Waals surface area contributed by atoms with Gasteiger partial charge in [0, 0.05) is 17.4 Å². The number of nitrogen functional groups attached to an aromatic ring is 1. The van der Waals surface area contributed by atoms with E-state index in [1.54, 1.807) is 30.3 Å². The van der Waals surface area contributed by atoms with E-state index in [1.165, 1.54) is 14.2 Å². The molecule has 0 aliphatic carbocycles. The zero-order valence-corrected chi connectivity index (χ0v) is 16.8. The summed E-state index contributed by atoms with van der Waals surface area (Å²) in [6, 6.07) is 12.2. The van der Waals surface area contributed by atoms with Crippen LogP contribution >= 0.6 is 0 Å². The molecule has 1 heterocycles. The highest BCUT2D eigenvalue weighted by Crippen LogP contribution is 2.29. The summed E-state index contributed by atoms with van der Waals surface area (Å²) >= 11 is 0. The van der Waals surface area contributed by atoms with Gasteiger partial charge in [0.05, 0.1) is 14.2 Å². The second-order valence-corrected chi connectivity index (χ2v) is 6.42. The second kappa shape index (κ2) is 8.95. The Balaban J connectivity index is 1.66. The smallest absolute Gasteiger partial charge is 0.280 e. The van der Waals surface area contributed by atoms with Crippen LogP contribution in [-0.2, 0) is 11.3 Å². The molecule has 30 heavy (non-hydrogen) atoms. The van der Waals surface area contributed by atoms with E-state index in [9.17, 15) is 9.59 Å². The predicted molar refractivity (Wildman–Crippen MR) is 112 cm³/mol. The normalized spacial score (nSPS) is 10.4. The molecule has 0 aliphatic heterocycles. The first-order valence-corrected chi connectivity index (χ1v) is 9.00. The molecule has 0 spiro atoms. The van der Waals surface area contributed by atoms with Crippen molar-refractivity contribution in [1.29, 1.82) is 0 Å². The maximum atomic E-state index is 12.4. The van der Waals surface area contributed by atoms with Crippen molar-refractivity contribution in [3.8, 4) is 11.5 Å². The summed E-state index contributed by atoms with van der Waals surface area (Å²) in [6.07, 6.45) is 0. The summed E-state index contributed by atoms with van der Waals surface area (Å²) in [4.78, 5) is 24.8. The molecule has 3 rings (SSSR count). The lowest BCUT2D eigenvalue weighted by atomic mass is 10.2. The number of carbonyl (C=O) groups excluding carboxylic acids is 2. The number of hydrogen-bond donors (Lipinski definition) is 3. The lowest BCUT2D eigenvalue weighted by Gasteiger charge is -2.11. The van der Waals surface area contributed by atoms with Gasteiger partial charge in [0.2, 0.25) is 5.91 Å². The Bertz CT molecular complexity index is 1060. The van der Waals surface area contributed by atoms with Crippen molar-refractivity contribution in [2.24, 2.45) is 0 Å². The van der Waals surface area contributed by atoms with Crippen LogP contribution < -0.4 is 25.8 Å². The van der Waals surface area contributed by atoms with Gasteiger partial charge in [0.1, 0.15) is 6.54 Å². The minimum atomic E-state index is -0.511. The van der Waals surface area contributed by atoms with Crippen molar-refractivity contribution in [3.05, 3.63) is 53.7 Å². The van der Waals surface area contributed by atoms with E-state index in [0.717, 1.165) is 10.2 Å². The van der Waals surface area contributed by atoms with Crippen LogP contribution in [0.2, 0.25) is 0 Å². The van der Waals surface area contributed by atoms with Crippen molar-refractivity contribution < 1.29 is 19.1 Å². The van der Waals surface area contributed by atoms with Crippen LogP contribution in [0.3, 0.4) is 0 Å². The van der Waals surface area contributed by atoms with Gasteiger partial charge in [-0.05, 0) is 31.2 Å². The monoisotopic (exact) mass is 410 g/mol. The fourth-order valence-electron chi connectivity index (χ4n) is 2.68. The Morgan fingerprint density at radius 2 is 1.67 bits per heavy atom. The SMILES string of the molecule is COc1ccc(NC(=O)Cn2nnc(C(=O)Nc3ccc(C)cc3)c2N)cc1OC. The van der Waals surface area contributed by atoms with Crippen LogP contribution in [0.4, 0.5) is 17.2 Å². The molecule has 0 bridgehead atoms. The third-order valence-electron chi connectivity index (χ3n) is 4.26. The van der Waals surface area contributed by atoms with E-state index in [1.807, 2.05) is 19.1 Å². The number of ether oxygens (including phenoxy) is 2. The molecule has 0 saturated heterocycles. The molecule has 2 aromatic carbocycles. The number of nitrogens with zero attached hydrogens (tertiary/aromatic N) is 3. The average molecular weight is 410 g/mol. The van der Waals surface area contributed by atoms with Gasteiger partial charge in [0.15, 0.2) is 23.0 Å². The Morgan fingerprint density at radius 1 is 1.00 bits per heavy atom. The first-order valence-electron chi connectivity index (χ1n) is 9.00. The number of amides is 2. The van der Waals surface area contributed by atoms with Crippen molar-refractivity contribution in [3.63, 3.8) is 0 Å². The highest BCUT2D eigenvalue weighted by atomic mass is 16.5. The highest BCUT2D eigenvalue weighted by molar-refractivity contribution is 6.05. The van der Waals surface area contributed by atoms with Crippen molar-refractivity contribution in [1.82, 2.24) is 15.0 Å². The van der Waals surface area contributed by atoms with Gasteiger partial charge in [-0.1, -0.05) is 22.9 Å². The minimum Gasteiger partial charge on any atom is -0.493 e. The molecule has 0 atom stereocenters. The van der Waals surface area contributed by atoms with Gasteiger partial charge in [-0.15, -0.1) is 5.10 Å². The molecule has 0 unspecified atom stereocenters. The number of aromatic nitrogens is 3. The number of aryl methyl sites for hydroxylation is 1. The summed E-state index contributed by atoms with van der Waals surface area (Å²) in [7, 11) is 3.03. The van der Waals surface area contributed by atoms with Gasteiger partial charge in [-0.25, -0.2) is 4.68 Å². The van der Waals surface area contributed by atoms with E-state index in [4.69, 9.17) is 15.2 Å². The third kappa shape index (κ3) is 4.66. The van der Waals surface area contributed by atoms with Gasteiger partial charge >= 0.3 is 0 Å². The van der Waals surface area contributed by atoms with E-state index < -0.39 is 11.8 Å². The fraction of sp³-hybridized carbons (Fsp3) is 0.200. The molecule has 4 N–H and O–H groups in total. The average Bonchev–Trinajstić information content (AvgIpc) is 3.09. The number of rotatable bonds is 7. The molecular weight excluding hydrogens is 388 g/mol. The summed E-state index contributed by atoms with van der Waals surface area (Å²) in [5.41, 5.74) is 8.09. The molecule has 1 aromatic heterocycles. The topological polar surface area (TPSA) is 133 Å². The summed E-state index contributed by atoms with van der Waals surface area (Å²) in [6.45, 7) is 1.73. The van der Waals surface area contributed by atoms with Crippen LogP contribution in [0, 0.1) is 6.92 Å². The summed E-state index contributed by atoms with van der Waals surface area (Å²) in [5, 5.41) is 13.0. The number of carbonyl (C=O) groups is 2. The Hall–Kier alpha value is -4.08. The summed E-state index contributed by atoms with van der Waals surface area (Å²) < 4.78 is 11.5. The van der Waals surface area contributed by atoms with Crippen LogP contribution in [0.5, 0.6) is 11.5 Å². The third-order valence-corrected chi connectivity index (χ3v) is 4.26. The first kappa shape index (κ1) is 20.6. The largest absolute Gasteiger partial charge is 0.493 e. The molecule has 2 amide bonds. The molecule has 0 aliphatic rings.